The van der Waals surface area contributed by atoms with Crippen LogP contribution in [0.25, 0.3) is 0 Å². The van der Waals surface area contributed by atoms with Crippen molar-refractivity contribution >= 4 is 6.09 Å². The Labute approximate surface area is 97.3 Å². The molecule has 2 rings (SSSR count). The van der Waals surface area contributed by atoms with E-state index in [0.717, 1.165) is 51.9 Å². The third-order valence-corrected chi connectivity index (χ3v) is 3.38. The highest BCUT2D eigenvalue weighted by atomic mass is 16.6. The topological polar surface area (TPSA) is 41.6 Å². The summed E-state index contributed by atoms with van der Waals surface area (Å²) in [6.45, 7) is 3.62. The Hall–Kier alpha value is -0.770. The molecule has 0 aliphatic carbocycles. The smallest absolute Gasteiger partial charge is 0.410 e. The maximum Gasteiger partial charge on any atom is 0.410 e. The molecule has 1 N–H and O–H groups in total. The van der Waals surface area contributed by atoms with E-state index in [1.165, 1.54) is 12.8 Å². The number of hydrogen-bond acceptors (Lipinski definition) is 3. The predicted molar refractivity (Wildman–Crippen MR) is 62.4 cm³/mol. The molecule has 0 radical (unpaired) electrons. The number of carbonyl (C=O) groups is 1. The van der Waals surface area contributed by atoms with E-state index in [9.17, 15) is 4.79 Å². The first-order chi connectivity index (χ1) is 7.86. The van der Waals surface area contributed by atoms with Gasteiger partial charge in [-0.15, -0.1) is 0 Å². The van der Waals surface area contributed by atoms with Crippen LogP contribution in [0.3, 0.4) is 0 Å². The minimum atomic E-state index is -0.101. The molecule has 1 atom stereocenters. The van der Waals surface area contributed by atoms with Crippen LogP contribution in [-0.2, 0) is 4.74 Å². The maximum absolute atomic E-state index is 11.9. The SMILES string of the molecule is O=C(O[C@@H]1CCCNC1)N1CCCCCC1. The first-order valence-electron chi connectivity index (χ1n) is 6.52. The molecule has 1 amide bonds. The molecule has 2 aliphatic rings. The lowest BCUT2D eigenvalue weighted by Gasteiger charge is -2.27. The average Bonchev–Trinajstić information content (AvgIpc) is 2.59. The number of nitrogens with one attached hydrogen (secondary N) is 1. The largest absolute Gasteiger partial charge is 0.445 e. The van der Waals surface area contributed by atoms with Crippen LogP contribution >= 0.6 is 0 Å². The molecule has 92 valence electrons. The van der Waals surface area contributed by atoms with Crippen molar-refractivity contribution in [2.24, 2.45) is 0 Å². The number of piperidine rings is 1. The molecular formula is C12H22N2O2. The molecule has 16 heavy (non-hydrogen) atoms. The van der Waals surface area contributed by atoms with Crippen LogP contribution in [0.5, 0.6) is 0 Å². The van der Waals surface area contributed by atoms with Crippen LogP contribution in [0.1, 0.15) is 38.5 Å². The van der Waals surface area contributed by atoms with Gasteiger partial charge >= 0.3 is 6.09 Å². The minimum absolute atomic E-state index is 0.0875. The predicted octanol–water partition coefficient (Wildman–Crippen LogP) is 1.75. The highest BCUT2D eigenvalue weighted by Crippen LogP contribution is 2.13. The summed E-state index contributed by atoms with van der Waals surface area (Å²) < 4.78 is 5.51. The molecule has 0 saturated carbocycles. The van der Waals surface area contributed by atoms with E-state index in [-0.39, 0.29) is 12.2 Å². The van der Waals surface area contributed by atoms with Gasteiger partial charge in [-0.05, 0) is 32.2 Å². The molecule has 2 aliphatic heterocycles. The highest BCUT2D eigenvalue weighted by molar-refractivity contribution is 5.67. The number of carbonyl (C=O) groups excluding carboxylic acids is 1. The van der Waals surface area contributed by atoms with E-state index in [0.29, 0.717) is 0 Å². The van der Waals surface area contributed by atoms with Crippen LogP contribution in [0.4, 0.5) is 4.79 Å². The lowest BCUT2D eigenvalue weighted by atomic mass is 10.1. The monoisotopic (exact) mass is 226 g/mol. The fourth-order valence-electron chi connectivity index (χ4n) is 2.39. The molecule has 2 heterocycles. The molecule has 2 saturated heterocycles. The van der Waals surface area contributed by atoms with Crippen molar-refractivity contribution in [3.8, 4) is 0 Å². The van der Waals surface area contributed by atoms with Gasteiger partial charge in [-0.3, -0.25) is 0 Å². The van der Waals surface area contributed by atoms with Gasteiger partial charge < -0.3 is 15.0 Å². The summed E-state index contributed by atoms with van der Waals surface area (Å²) in [5, 5.41) is 3.26. The summed E-state index contributed by atoms with van der Waals surface area (Å²) in [5.74, 6) is 0. The number of rotatable bonds is 1. The number of ether oxygens (including phenoxy) is 1. The van der Waals surface area contributed by atoms with Crippen molar-refractivity contribution in [1.82, 2.24) is 10.2 Å². The Balaban J connectivity index is 1.76. The van der Waals surface area contributed by atoms with Gasteiger partial charge in [0.1, 0.15) is 6.10 Å². The first-order valence-corrected chi connectivity index (χ1v) is 6.52. The Morgan fingerprint density at radius 1 is 1.12 bits per heavy atom. The Morgan fingerprint density at radius 3 is 2.50 bits per heavy atom. The third kappa shape index (κ3) is 3.37. The number of hydrogen-bond donors (Lipinski definition) is 1. The summed E-state index contributed by atoms with van der Waals surface area (Å²) in [4.78, 5) is 13.8. The third-order valence-electron chi connectivity index (χ3n) is 3.38. The Kier molecular flexibility index (Phi) is 4.45. The second-order valence-corrected chi connectivity index (χ2v) is 4.75. The fraction of sp³-hybridized carbons (Fsp3) is 0.917. The van der Waals surface area contributed by atoms with E-state index >= 15 is 0 Å². The van der Waals surface area contributed by atoms with Crippen molar-refractivity contribution in [2.45, 2.75) is 44.6 Å². The van der Waals surface area contributed by atoms with Gasteiger partial charge in [-0.25, -0.2) is 4.79 Å². The summed E-state index contributed by atoms with van der Waals surface area (Å²) in [7, 11) is 0. The van der Waals surface area contributed by atoms with Gasteiger partial charge in [-0.1, -0.05) is 12.8 Å². The lowest BCUT2D eigenvalue weighted by molar-refractivity contribution is 0.0524. The minimum Gasteiger partial charge on any atom is -0.445 e. The van der Waals surface area contributed by atoms with Crippen molar-refractivity contribution in [3.63, 3.8) is 0 Å². The molecule has 0 unspecified atom stereocenters. The van der Waals surface area contributed by atoms with Gasteiger partial charge in [0.25, 0.3) is 0 Å². The zero-order chi connectivity index (χ0) is 11.2. The molecule has 0 spiro atoms. The second kappa shape index (κ2) is 6.09. The highest BCUT2D eigenvalue weighted by Gasteiger charge is 2.22. The molecule has 0 aromatic carbocycles. The van der Waals surface area contributed by atoms with Crippen molar-refractivity contribution < 1.29 is 9.53 Å². The molecular weight excluding hydrogens is 204 g/mol. The van der Waals surface area contributed by atoms with E-state index in [2.05, 4.69) is 5.32 Å². The van der Waals surface area contributed by atoms with E-state index < -0.39 is 0 Å². The van der Waals surface area contributed by atoms with Gasteiger partial charge in [0.2, 0.25) is 0 Å². The summed E-state index contributed by atoms with van der Waals surface area (Å²) in [6, 6.07) is 0. The maximum atomic E-state index is 11.9. The lowest BCUT2D eigenvalue weighted by Crippen LogP contribution is -2.41. The van der Waals surface area contributed by atoms with Gasteiger partial charge in [0.05, 0.1) is 0 Å². The summed E-state index contributed by atoms with van der Waals surface area (Å²) in [5.41, 5.74) is 0. The van der Waals surface area contributed by atoms with Crippen LogP contribution in [0, 0.1) is 0 Å². The molecule has 4 nitrogen and oxygen atoms in total. The van der Waals surface area contributed by atoms with Crippen molar-refractivity contribution in [3.05, 3.63) is 0 Å². The summed E-state index contributed by atoms with van der Waals surface area (Å²) >= 11 is 0. The number of nitrogens with zero attached hydrogens (tertiary/aromatic N) is 1. The summed E-state index contributed by atoms with van der Waals surface area (Å²) in [6.07, 6.45) is 6.84. The number of amides is 1. The Morgan fingerprint density at radius 2 is 1.88 bits per heavy atom. The Bertz CT molecular complexity index is 219. The second-order valence-electron chi connectivity index (χ2n) is 4.75. The standard InChI is InChI=1S/C12H22N2O2/c15-12(14-8-3-1-2-4-9-14)16-11-6-5-7-13-10-11/h11,13H,1-10H2/t11-/m1/s1. The van der Waals surface area contributed by atoms with Gasteiger partial charge in [0, 0.05) is 19.6 Å². The zero-order valence-electron chi connectivity index (χ0n) is 9.91. The van der Waals surface area contributed by atoms with Crippen LogP contribution in [0.2, 0.25) is 0 Å². The van der Waals surface area contributed by atoms with Gasteiger partial charge in [-0.2, -0.15) is 0 Å². The molecule has 0 aromatic heterocycles. The van der Waals surface area contributed by atoms with E-state index in [4.69, 9.17) is 4.74 Å². The average molecular weight is 226 g/mol. The molecule has 2 fully saturated rings. The molecule has 0 aromatic rings. The molecule has 4 heteroatoms. The van der Waals surface area contributed by atoms with Crippen LogP contribution in [0.15, 0.2) is 0 Å². The van der Waals surface area contributed by atoms with E-state index in [1.807, 2.05) is 4.90 Å². The molecule has 0 bridgehead atoms. The fourth-order valence-corrected chi connectivity index (χ4v) is 2.39. The quantitative estimate of drug-likeness (QED) is 0.740. The first kappa shape index (κ1) is 11.7. The van der Waals surface area contributed by atoms with Crippen molar-refractivity contribution in [2.75, 3.05) is 26.2 Å². The van der Waals surface area contributed by atoms with Crippen LogP contribution in [-0.4, -0.2) is 43.3 Å². The normalized spacial score (nSPS) is 27.2. The zero-order valence-corrected chi connectivity index (χ0v) is 9.91. The van der Waals surface area contributed by atoms with Gasteiger partial charge in [0.15, 0.2) is 0 Å². The van der Waals surface area contributed by atoms with Crippen LogP contribution < -0.4 is 5.32 Å². The van der Waals surface area contributed by atoms with E-state index in [1.54, 1.807) is 0 Å². The van der Waals surface area contributed by atoms with Crippen molar-refractivity contribution in [1.29, 1.82) is 0 Å². The number of likely N-dealkylation sites (tertiary alicyclic amines) is 1.